The van der Waals surface area contributed by atoms with E-state index in [1.807, 2.05) is 0 Å². The summed E-state index contributed by atoms with van der Waals surface area (Å²) in [6, 6.07) is 7.10. The van der Waals surface area contributed by atoms with E-state index >= 15 is 0 Å². The van der Waals surface area contributed by atoms with Gasteiger partial charge in [-0.05, 0) is 37.9 Å². The molecular weight excluding hydrogens is 236 g/mol. The molecule has 1 aliphatic rings. The third kappa shape index (κ3) is 3.71. The van der Waals surface area contributed by atoms with E-state index in [1.54, 1.807) is 7.11 Å². The van der Waals surface area contributed by atoms with Gasteiger partial charge in [-0.25, -0.2) is 0 Å². The summed E-state index contributed by atoms with van der Waals surface area (Å²) in [6.07, 6.45) is 5.38. The monoisotopic (exact) mass is 262 g/mol. The fraction of sp³-hybridized carbons (Fsp3) is 0.625. The van der Waals surface area contributed by atoms with Crippen molar-refractivity contribution in [2.75, 3.05) is 13.7 Å². The van der Waals surface area contributed by atoms with E-state index in [4.69, 9.17) is 10.5 Å². The molecule has 1 atom stereocenters. The topological polar surface area (TPSA) is 38.5 Å². The van der Waals surface area contributed by atoms with Crippen molar-refractivity contribution in [2.24, 2.45) is 5.73 Å². The number of rotatable bonds is 4. The number of methoxy groups -OCH3 is 1. The molecule has 0 spiro atoms. The molecule has 0 radical (unpaired) electrons. The second kappa shape index (κ2) is 6.92. The molecule has 0 aromatic heterocycles. The molecule has 0 bridgehead atoms. The Hall–Kier alpha value is -1.06. The largest absolute Gasteiger partial charge is 0.496 e. The summed E-state index contributed by atoms with van der Waals surface area (Å²) in [6.45, 7) is 5.10. The highest BCUT2D eigenvalue weighted by atomic mass is 16.5. The van der Waals surface area contributed by atoms with Crippen molar-refractivity contribution >= 4 is 0 Å². The SMILES string of the molecule is COc1cc(CN2CCCCCC2C)ccc1CN. The minimum Gasteiger partial charge on any atom is -0.496 e. The van der Waals surface area contributed by atoms with Crippen LogP contribution in [-0.2, 0) is 13.1 Å². The fourth-order valence-corrected chi connectivity index (χ4v) is 2.86. The molecular formula is C16H26N2O. The highest BCUT2D eigenvalue weighted by Crippen LogP contribution is 2.23. The highest BCUT2D eigenvalue weighted by molar-refractivity contribution is 5.37. The maximum Gasteiger partial charge on any atom is 0.123 e. The Balaban J connectivity index is 2.09. The number of hydrogen-bond donors (Lipinski definition) is 1. The first-order valence-corrected chi connectivity index (χ1v) is 7.34. The smallest absolute Gasteiger partial charge is 0.123 e. The first kappa shape index (κ1) is 14.4. The lowest BCUT2D eigenvalue weighted by Gasteiger charge is -2.27. The summed E-state index contributed by atoms with van der Waals surface area (Å²) in [5.41, 5.74) is 8.11. The van der Waals surface area contributed by atoms with Crippen LogP contribution in [0.2, 0.25) is 0 Å². The van der Waals surface area contributed by atoms with Crippen molar-refractivity contribution in [3.8, 4) is 5.75 Å². The highest BCUT2D eigenvalue weighted by Gasteiger charge is 2.17. The predicted octanol–water partition coefficient (Wildman–Crippen LogP) is 2.92. The molecule has 0 aliphatic carbocycles. The quantitative estimate of drug-likeness (QED) is 0.906. The zero-order chi connectivity index (χ0) is 13.7. The van der Waals surface area contributed by atoms with E-state index in [9.17, 15) is 0 Å². The second-order valence-electron chi connectivity index (χ2n) is 5.52. The van der Waals surface area contributed by atoms with Gasteiger partial charge in [0.15, 0.2) is 0 Å². The first-order chi connectivity index (χ1) is 9.24. The lowest BCUT2D eigenvalue weighted by atomic mass is 10.1. The Labute approximate surface area is 116 Å². The molecule has 1 aromatic carbocycles. The minimum atomic E-state index is 0.531. The molecule has 1 unspecified atom stereocenters. The van der Waals surface area contributed by atoms with Crippen molar-refractivity contribution in [1.82, 2.24) is 4.90 Å². The summed E-state index contributed by atoms with van der Waals surface area (Å²) in [5.74, 6) is 0.919. The van der Waals surface area contributed by atoms with Gasteiger partial charge in [-0.1, -0.05) is 25.0 Å². The molecule has 106 valence electrons. The van der Waals surface area contributed by atoms with Gasteiger partial charge in [0, 0.05) is 24.7 Å². The number of hydrogen-bond acceptors (Lipinski definition) is 3. The van der Waals surface area contributed by atoms with Crippen LogP contribution in [-0.4, -0.2) is 24.6 Å². The van der Waals surface area contributed by atoms with E-state index < -0.39 is 0 Å². The van der Waals surface area contributed by atoms with Crippen LogP contribution < -0.4 is 10.5 Å². The molecule has 3 nitrogen and oxygen atoms in total. The molecule has 2 rings (SSSR count). The van der Waals surface area contributed by atoms with Gasteiger partial charge < -0.3 is 10.5 Å². The van der Waals surface area contributed by atoms with Crippen molar-refractivity contribution < 1.29 is 4.74 Å². The number of ether oxygens (including phenoxy) is 1. The number of nitrogens with zero attached hydrogens (tertiary/aromatic N) is 1. The van der Waals surface area contributed by atoms with Crippen LogP contribution in [0, 0.1) is 0 Å². The fourth-order valence-electron chi connectivity index (χ4n) is 2.86. The molecule has 1 aromatic rings. The van der Waals surface area contributed by atoms with Gasteiger partial charge in [-0.3, -0.25) is 4.90 Å². The molecule has 0 saturated carbocycles. The Kier molecular flexibility index (Phi) is 5.23. The Morgan fingerprint density at radius 3 is 2.89 bits per heavy atom. The number of likely N-dealkylation sites (tertiary alicyclic amines) is 1. The van der Waals surface area contributed by atoms with E-state index in [2.05, 4.69) is 30.0 Å². The molecule has 2 N–H and O–H groups in total. The lowest BCUT2D eigenvalue weighted by molar-refractivity contribution is 0.204. The van der Waals surface area contributed by atoms with Crippen LogP contribution in [0.5, 0.6) is 5.75 Å². The summed E-state index contributed by atoms with van der Waals surface area (Å²) in [7, 11) is 1.72. The summed E-state index contributed by atoms with van der Waals surface area (Å²) in [4.78, 5) is 2.59. The zero-order valence-electron chi connectivity index (χ0n) is 12.2. The summed E-state index contributed by atoms with van der Waals surface area (Å²) in [5, 5.41) is 0. The van der Waals surface area contributed by atoms with Gasteiger partial charge in [0.1, 0.15) is 5.75 Å². The Morgan fingerprint density at radius 2 is 2.16 bits per heavy atom. The minimum absolute atomic E-state index is 0.531. The number of nitrogens with two attached hydrogens (primary N) is 1. The Morgan fingerprint density at radius 1 is 1.32 bits per heavy atom. The van der Waals surface area contributed by atoms with Crippen LogP contribution in [0.3, 0.4) is 0 Å². The second-order valence-corrected chi connectivity index (χ2v) is 5.52. The molecule has 1 heterocycles. The average molecular weight is 262 g/mol. The van der Waals surface area contributed by atoms with Crippen LogP contribution >= 0.6 is 0 Å². The molecule has 1 fully saturated rings. The van der Waals surface area contributed by atoms with Crippen molar-refractivity contribution in [1.29, 1.82) is 0 Å². The summed E-state index contributed by atoms with van der Waals surface area (Å²) >= 11 is 0. The van der Waals surface area contributed by atoms with Crippen molar-refractivity contribution in [3.05, 3.63) is 29.3 Å². The number of benzene rings is 1. The zero-order valence-corrected chi connectivity index (χ0v) is 12.2. The van der Waals surface area contributed by atoms with E-state index in [-0.39, 0.29) is 0 Å². The van der Waals surface area contributed by atoms with Gasteiger partial charge >= 0.3 is 0 Å². The molecule has 19 heavy (non-hydrogen) atoms. The van der Waals surface area contributed by atoms with E-state index in [1.165, 1.54) is 37.8 Å². The van der Waals surface area contributed by atoms with Crippen LogP contribution in [0.25, 0.3) is 0 Å². The average Bonchev–Trinajstić information content (AvgIpc) is 2.64. The molecule has 1 saturated heterocycles. The molecule has 0 amide bonds. The van der Waals surface area contributed by atoms with Crippen molar-refractivity contribution in [2.45, 2.75) is 51.7 Å². The van der Waals surface area contributed by atoms with Gasteiger partial charge in [-0.15, -0.1) is 0 Å². The lowest BCUT2D eigenvalue weighted by Crippen LogP contribution is -2.31. The summed E-state index contributed by atoms with van der Waals surface area (Å²) < 4.78 is 5.42. The van der Waals surface area contributed by atoms with E-state index in [0.29, 0.717) is 12.6 Å². The van der Waals surface area contributed by atoms with Crippen molar-refractivity contribution in [3.63, 3.8) is 0 Å². The normalized spacial score (nSPS) is 21.1. The van der Waals surface area contributed by atoms with E-state index in [0.717, 1.165) is 17.9 Å². The maximum absolute atomic E-state index is 5.71. The van der Waals surface area contributed by atoms with Gasteiger partial charge in [0.25, 0.3) is 0 Å². The van der Waals surface area contributed by atoms with Gasteiger partial charge in [-0.2, -0.15) is 0 Å². The van der Waals surface area contributed by atoms with Gasteiger partial charge in [0.2, 0.25) is 0 Å². The maximum atomic E-state index is 5.71. The predicted molar refractivity (Wildman–Crippen MR) is 79.2 cm³/mol. The van der Waals surface area contributed by atoms with Crippen LogP contribution in [0.1, 0.15) is 43.7 Å². The molecule has 3 heteroatoms. The van der Waals surface area contributed by atoms with Crippen LogP contribution in [0.4, 0.5) is 0 Å². The third-order valence-electron chi connectivity index (χ3n) is 4.15. The van der Waals surface area contributed by atoms with Gasteiger partial charge in [0.05, 0.1) is 7.11 Å². The Bertz CT molecular complexity index is 406. The third-order valence-corrected chi connectivity index (χ3v) is 4.15. The molecule has 1 aliphatic heterocycles. The standard InChI is InChI=1S/C16H26N2O/c1-13-6-4-3-5-9-18(13)12-14-7-8-15(11-17)16(10-14)19-2/h7-8,10,13H,3-6,9,11-12,17H2,1-2H3. The van der Waals surface area contributed by atoms with Crippen LogP contribution in [0.15, 0.2) is 18.2 Å². The first-order valence-electron chi connectivity index (χ1n) is 7.34.